The van der Waals surface area contributed by atoms with Gasteiger partial charge in [0, 0.05) is 18.1 Å². The number of carbonyl (C=O) groups is 1. The molecule has 2 saturated heterocycles. The van der Waals surface area contributed by atoms with Crippen molar-refractivity contribution >= 4 is 6.09 Å². The van der Waals surface area contributed by atoms with Gasteiger partial charge in [-0.1, -0.05) is 0 Å². The molecule has 0 aromatic rings. The number of rotatable bonds is 1. The van der Waals surface area contributed by atoms with Gasteiger partial charge in [-0.05, 0) is 46.5 Å². The second-order valence-electron chi connectivity index (χ2n) is 5.95. The van der Waals surface area contributed by atoms with Crippen molar-refractivity contribution in [1.29, 1.82) is 0 Å². The van der Waals surface area contributed by atoms with E-state index in [2.05, 4.69) is 10.6 Å². The van der Waals surface area contributed by atoms with E-state index >= 15 is 0 Å². The molecule has 16 heavy (non-hydrogen) atoms. The Balaban J connectivity index is 1.79. The van der Waals surface area contributed by atoms with Crippen molar-refractivity contribution in [2.75, 3.05) is 0 Å². The standard InChI is InChI=1S/C12H22N2O2/c1-12(2,3)16-11(15)14-10-6-8-4-5-9(7-10)13-8/h8-10,13H,4-7H2,1-3H3,(H,14,15)/t8-,9-/m0/s1. The topological polar surface area (TPSA) is 50.4 Å². The normalized spacial score (nSPS) is 33.6. The first-order valence-corrected chi connectivity index (χ1v) is 6.18. The lowest BCUT2D eigenvalue weighted by molar-refractivity contribution is 0.0489. The van der Waals surface area contributed by atoms with Crippen molar-refractivity contribution < 1.29 is 9.53 Å². The monoisotopic (exact) mass is 226 g/mol. The van der Waals surface area contributed by atoms with Gasteiger partial charge in [0.15, 0.2) is 0 Å². The van der Waals surface area contributed by atoms with Crippen LogP contribution in [0.4, 0.5) is 4.79 Å². The summed E-state index contributed by atoms with van der Waals surface area (Å²) in [5.41, 5.74) is -0.407. The van der Waals surface area contributed by atoms with Crippen molar-refractivity contribution in [3.05, 3.63) is 0 Å². The molecule has 2 bridgehead atoms. The summed E-state index contributed by atoms with van der Waals surface area (Å²) in [6.45, 7) is 5.66. The molecule has 2 fully saturated rings. The van der Waals surface area contributed by atoms with Crippen LogP contribution in [0.5, 0.6) is 0 Å². The summed E-state index contributed by atoms with van der Waals surface area (Å²) in [6.07, 6.45) is 4.29. The number of carbonyl (C=O) groups excluding carboxylic acids is 1. The summed E-state index contributed by atoms with van der Waals surface area (Å²) in [5, 5.41) is 6.52. The Hall–Kier alpha value is -0.770. The fourth-order valence-corrected chi connectivity index (χ4v) is 2.65. The fraction of sp³-hybridized carbons (Fsp3) is 0.917. The van der Waals surface area contributed by atoms with Crippen molar-refractivity contribution in [2.45, 2.75) is 70.2 Å². The second-order valence-corrected chi connectivity index (χ2v) is 5.95. The Morgan fingerprint density at radius 2 is 1.81 bits per heavy atom. The zero-order valence-electron chi connectivity index (χ0n) is 10.4. The second kappa shape index (κ2) is 4.24. The molecule has 0 aromatic carbocycles. The zero-order valence-corrected chi connectivity index (χ0v) is 10.4. The van der Waals surface area contributed by atoms with Gasteiger partial charge in [0.1, 0.15) is 5.60 Å². The third-order valence-electron chi connectivity index (χ3n) is 3.19. The molecule has 0 aliphatic carbocycles. The molecule has 0 aromatic heterocycles. The van der Waals surface area contributed by atoms with Crippen molar-refractivity contribution in [2.24, 2.45) is 0 Å². The van der Waals surface area contributed by atoms with E-state index in [1.54, 1.807) is 0 Å². The van der Waals surface area contributed by atoms with E-state index < -0.39 is 5.60 Å². The van der Waals surface area contributed by atoms with Crippen LogP contribution in [-0.4, -0.2) is 29.8 Å². The predicted molar refractivity (Wildman–Crippen MR) is 62.3 cm³/mol. The van der Waals surface area contributed by atoms with Gasteiger partial charge in [0.2, 0.25) is 0 Å². The highest BCUT2D eigenvalue weighted by atomic mass is 16.6. The van der Waals surface area contributed by atoms with Crippen LogP contribution in [0.2, 0.25) is 0 Å². The summed E-state index contributed by atoms with van der Waals surface area (Å²) in [4.78, 5) is 11.6. The SMILES string of the molecule is CC(C)(C)OC(=O)NC1C[C@@H]2CC[C@@H](C1)N2. The number of piperidine rings is 1. The van der Waals surface area contributed by atoms with Crippen LogP contribution < -0.4 is 10.6 Å². The lowest BCUT2D eigenvalue weighted by Gasteiger charge is -2.30. The Labute approximate surface area is 97.1 Å². The lowest BCUT2D eigenvalue weighted by atomic mass is 10.0. The van der Waals surface area contributed by atoms with Crippen LogP contribution in [0.25, 0.3) is 0 Å². The van der Waals surface area contributed by atoms with Gasteiger partial charge in [-0.2, -0.15) is 0 Å². The first-order valence-electron chi connectivity index (χ1n) is 6.18. The van der Waals surface area contributed by atoms with Crippen molar-refractivity contribution in [1.82, 2.24) is 10.6 Å². The van der Waals surface area contributed by atoms with E-state index in [1.807, 2.05) is 20.8 Å². The summed E-state index contributed by atoms with van der Waals surface area (Å²) in [6, 6.07) is 1.48. The average Bonchev–Trinajstić information content (AvgIpc) is 2.42. The molecule has 0 spiro atoms. The first-order chi connectivity index (χ1) is 7.42. The maximum absolute atomic E-state index is 11.6. The molecule has 2 heterocycles. The molecule has 4 heteroatoms. The molecular weight excluding hydrogens is 204 g/mol. The maximum atomic E-state index is 11.6. The van der Waals surface area contributed by atoms with Crippen LogP contribution in [-0.2, 0) is 4.74 Å². The number of hydrogen-bond acceptors (Lipinski definition) is 3. The van der Waals surface area contributed by atoms with E-state index in [0.29, 0.717) is 12.1 Å². The summed E-state index contributed by atoms with van der Waals surface area (Å²) in [7, 11) is 0. The molecule has 2 rings (SSSR count). The molecule has 1 amide bonds. The Morgan fingerprint density at radius 3 is 2.31 bits per heavy atom. The Kier molecular flexibility index (Phi) is 3.10. The molecule has 2 atom stereocenters. The molecule has 0 radical (unpaired) electrons. The fourth-order valence-electron chi connectivity index (χ4n) is 2.65. The predicted octanol–water partition coefficient (Wildman–Crippen LogP) is 1.79. The Bertz CT molecular complexity index is 261. The number of amides is 1. The van der Waals surface area contributed by atoms with Gasteiger partial charge in [0.05, 0.1) is 0 Å². The molecule has 4 nitrogen and oxygen atoms in total. The Morgan fingerprint density at radius 1 is 1.25 bits per heavy atom. The molecule has 92 valence electrons. The van der Waals surface area contributed by atoms with Gasteiger partial charge in [-0.25, -0.2) is 4.79 Å². The molecule has 2 aliphatic rings. The molecular formula is C12H22N2O2. The van der Waals surface area contributed by atoms with Crippen molar-refractivity contribution in [3.8, 4) is 0 Å². The molecule has 2 N–H and O–H groups in total. The minimum absolute atomic E-state index is 0.279. The summed E-state index contributed by atoms with van der Waals surface area (Å²) >= 11 is 0. The highest BCUT2D eigenvalue weighted by molar-refractivity contribution is 5.68. The lowest BCUT2D eigenvalue weighted by Crippen LogP contribution is -2.49. The smallest absolute Gasteiger partial charge is 0.407 e. The third-order valence-corrected chi connectivity index (χ3v) is 3.19. The summed E-state index contributed by atoms with van der Waals surface area (Å²) in [5.74, 6) is 0. The average molecular weight is 226 g/mol. The largest absolute Gasteiger partial charge is 0.444 e. The van der Waals surface area contributed by atoms with Gasteiger partial charge in [0.25, 0.3) is 0 Å². The van der Waals surface area contributed by atoms with Gasteiger partial charge < -0.3 is 15.4 Å². The van der Waals surface area contributed by atoms with Crippen LogP contribution in [0, 0.1) is 0 Å². The first kappa shape index (κ1) is 11.7. The number of nitrogens with one attached hydrogen (secondary N) is 2. The minimum atomic E-state index is -0.407. The van der Waals surface area contributed by atoms with E-state index in [4.69, 9.17) is 4.74 Å². The highest BCUT2D eigenvalue weighted by Crippen LogP contribution is 2.26. The van der Waals surface area contributed by atoms with Crippen LogP contribution >= 0.6 is 0 Å². The molecule has 2 aliphatic heterocycles. The van der Waals surface area contributed by atoms with E-state index in [9.17, 15) is 4.79 Å². The van der Waals surface area contributed by atoms with E-state index in [-0.39, 0.29) is 12.1 Å². The van der Waals surface area contributed by atoms with E-state index in [1.165, 1.54) is 12.8 Å². The van der Waals surface area contributed by atoms with Crippen LogP contribution in [0.3, 0.4) is 0 Å². The van der Waals surface area contributed by atoms with Gasteiger partial charge in [-0.3, -0.25) is 0 Å². The highest BCUT2D eigenvalue weighted by Gasteiger charge is 2.34. The van der Waals surface area contributed by atoms with Gasteiger partial charge in [-0.15, -0.1) is 0 Å². The minimum Gasteiger partial charge on any atom is -0.444 e. The number of ether oxygens (including phenoxy) is 1. The number of fused-ring (bicyclic) bond motifs is 2. The zero-order chi connectivity index (χ0) is 11.8. The number of alkyl carbamates (subject to hydrolysis) is 1. The third kappa shape index (κ3) is 3.11. The molecule has 0 saturated carbocycles. The molecule has 0 unspecified atom stereocenters. The number of hydrogen-bond donors (Lipinski definition) is 2. The van der Waals surface area contributed by atoms with Crippen LogP contribution in [0.1, 0.15) is 46.5 Å². The van der Waals surface area contributed by atoms with Crippen LogP contribution in [0.15, 0.2) is 0 Å². The van der Waals surface area contributed by atoms with E-state index in [0.717, 1.165) is 12.8 Å². The van der Waals surface area contributed by atoms with Gasteiger partial charge >= 0.3 is 6.09 Å². The maximum Gasteiger partial charge on any atom is 0.407 e. The van der Waals surface area contributed by atoms with Crippen molar-refractivity contribution in [3.63, 3.8) is 0 Å². The summed E-state index contributed by atoms with van der Waals surface area (Å²) < 4.78 is 5.26. The quantitative estimate of drug-likeness (QED) is 0.716.